The monoisotopic (exact) mass is 402 g/mol. The van der Waals surface area contributed by atoms with E-state index >= 15 is 0 Å². The van der Waals surface area contributed by atoms with Gasteiger partial charge in [-0.05, 0) is 30.3 Å². The number of carbonyl (C=O) groups excluding carboxylic acids is 2. The van der Waals surface area contributed by atoms with Gasteiger partial charge < -0.3 is 5.32 Å². The molecule has 3 aromatic rings. The molecular formula is C23H19FN4O2. The number of hydrazine groups is 1. The predicted octanol–water partition coefficient (Wildman–Crippen LogP) is 2.93. The minimum absolute atomic E-state index is 0.126. The smallest absolute Gasteiger partial charge is 0.273 e. The zero-order valence-electron chi connectivity index (χ0n) is 16.0. The number of aliphatic imine (C=N–C) groups is 1. The SMILES string of the molecule is NN1C(=O)C(C(=O)CNc2ccccc2)N=C(c2ccccc2F)c2ccccc21. The van der Waals surface area contributed by atoms with E-state index in [2.05, 4.69) is 10.3 Å². The Kier molecular flexibility index (Phi) is 5.36. The van der Waals surface area contributed by atoms with Crippen LogP contribution in [-0.2, 0) is 9.59 Å². The van der Waals surface area contributed by atoms with Crippen LogP contribution in [0, 0.1) is 5.82 Å². The quantitative estimate of drug-likeness (QED) is 0.390. The Balaban J connectivity index is 1.75. The Bertz CT molecular complexity index is 1130. The Morgan fingerprint density at radius 1 is 0.967 bits per heavy atom. The first-order chi connectivity index (χ1) is 14.6. The number of nitrogens with zero attached hydrogens (tertiary/aromatic N) is 2. The van der Waals surface area contributed by atoms with Crippen LogP contribution in [0.3, 0.4) is 0 Å². The maximum absolute atomic E-state index is 14.6. The van der Waals surface area contributed by atoms with Gasteiger partial charge in [-0.3, -0.25) is 14.6 Å². The van der Waals surface area contributed by atoms with E-state index in [9.17, 15) is 14.0 Å². The van der Waals surface area contributed by atoms with Gasteiger partial charge in [-0.1, -0.05) is 48.5 Å². The first-order valence-corrected chi connectivity index (χ1v) is 9.38. The molecule has 0 spiro atoms. The molecule has 0 aliphatic carbocycles. The first-order valence-electron chi connectivity index (χ1n) is 9.38. The Labute approximate surface area is 172 Å². The van der Waals surface area contributed by atoms with Crippen molar-refractivity contribution in [2.45, 2.75) is 6.04 Å². The topological polar surface area (TPSA) is 87.8 Å². The summed E-state index contributed by atoms with van der Waals surface area (Å²) < 4.78 is 14.6. The highest BCUT2D eigenvalue weighted by Gasteiger charge is 2.35. The molecule has 7 heteroatoms. The van der Waals surface area contributed by atoms with Gasteiger partial charge in [0.1, 0.15) is 5.82 Å². The van der Waals surface area contributed by atoms with Crippen molar-refractivity contribution in [3.8, 4) is 0 Å². The molecule has 0 bridgehead atoms. The number of benzene rings is 3. The number of halogens is 1. The largest absolute Gasteiger partial charge is 0.378 e. The van der Waals surface area contributed by atoms with Gasteiger partial charge in [0.15, 0.2) is 11.8 Å². The molecule has 1 aliphatic heterocycles. The maximum Gasteiger partial charge on any atom is 0.273 e. The van der Waals surface area contributed by atoms with Gasteiger partial charge in [0.25, 0.3) is 5.91 Å². The van der Waals surface area contributed by atoms with Crippen LogP contribution in [0.1, 0.15) is 11.1 Å². The molecule has 1 heterocycles. The van der Waals surface area contributed by atoms with Gasteiger partial charge in [0, 0.05) is 16.8 Å². The normalized spacial score (nSPS) is 15.8. The lowest BCUT2D eigenvalue weighted by molar-refractivity contribution is -0.127. The fraction of sp³-hybridized carbons (Fsp3) is 0.0870. The summed E-state index contributed by atoms with van der Waals surface area (Å²) in [5.74, 6) is 4.40. The van der Waals surface area contributed by atoms with Crippen LogP contribution in [0.15, 0.2) is 83.9 Å². The van der Waals surface area contributed by atoms with E-state index in [-0.39, 0.29) is 17.8 Å². The number of fused-ring (bicyclic) bond motifs is 1. The van der Waals surface area contributed by atoms with Crippen molar-refractivity contribution in [2.24, 2.45) is 10.8 Å². The van der Waals surface area contributed by atoms with Gasteiger partial charge in [0.2, 0.25) is 0 Å². The zero-order chi connectivity index (χ0) is 21.1. The van der Waals surface area contributed by atoms with Crippen LogP contribution < -0.4 is 16.2 Å². The van der Waals surface area contributed by atoms with Crippen LogP contribution in [0.4, 0.5) is 15.8 Å². The summed E-state index contributed by atoms with van der Waals surface area (Å²) in [7, 11) is 0. The third-order valence-electron chi connectivity index (χ3n) is 4.82. The molecule has 1 atom stereocenters. The van der Waals surface area contributed by atoms with Crippen molar-refractivity contribution in [3.63, 3.8) is 0 Å². The number of carbonyl (C=O) groups is 2. The number of hydrogen-bond acceptors (Lipinski definition) is 5. The second kappa shape index (κ2) is 8.26. The summed E-state index contributed by atoms with van der Waals surface area (Å²) in [5, 5.41) is 3.89. The molecule has 1 unspecified atom stereocenters. The Morgan fingerprint density at radius 2 is 1.60 bits per heavy atom. The summed E-state index contributed by atoms with van der Waals surface area (Å²) in [6.45, 7) is -0.126. The third kappa shape index (κ3) is 3.70. The number of hydrogen-bond donors (Lipinski definition) is 2. The number of Topliss-reactive ketones (excluding diaryl/α,β-unsaturated/α-hetero) is 1. The van der Waals surface area contributed by atoms with E-state index in [1.165, 1.54) is 6.07 Å². The molecule has 4 rings (SSSR count). The molecule has 6 nitrogen and oxygen atoms in total. The first kappa shape index (κ1) is 19.5. The number of anilines is 2. The second-order valence-electron chi connectivity index (χ2n) is 6.77. The summed E-state index contributed by atoms with van der Waals surface area (Å²) in [4.78, 5) is 30.3. The highest BCUT2D eigenvalue weighted by molar-refractivity contribution is 6.24. The van der Waals surface area contributed by atoms with Gasteiger partial charge in [-0.15, -0.1) is 0 Å². The average molecular weight is 402 g/mol. The molecule has 3 N–H and O–H groups in total. The molecular weight excluding hydrogens is 383 g/mol. The number of para-hydroxylation sites is 2. The van der Waals surface area contributed by atoms with Crippen LogP contribution in [0.5, 0.6) is 0 Å². The zero-order valence-corrected chi connectivity index (χ0v) is 16.0. The van der Waals surface area contributed by atoms with Crippen molar-refractivity contribution in [3.05, 3.63) is 95.8 Å². The Morgan fingerprint density at radius 3 is 2.33 bits per heavy atom. The van der Waals surface area contributed by atoms with Crippen LogP contribution in [0.2, 0.25) is 0 Å². The summed E-state index contributed by atoms with van der Waals surface area (Å²) in [6, 6.07) is 20.6. The molecule has 0 saturated heterocycles. The molecule has 3 aromatic carbocycles. The number of nitrogens with one attached hydrogen (secondary N) is 1. The van der Waals surface area contributed by atoms with Gasteiger partial charge in [-0.2, -0.15) is 0 Å². The lowest BCUT2D eigenvalue weighted by Gasteiger charge is -2.19. The minimum atomic E-state index is -1.40. The van der Waals surface area contributed by atoms with Crippen molar-refractivity contribution in [1.82, 2.24) is 0 Å². The molecule has 0 saturated carbocycles. The van der Waals surface area contributed by atoms with Crippen molar-refractivity contribution >= 4 is 28.8 Å². The fourth-order valence-electron chi connectivity index (χ4n) is 3.31. The van der Waals surface area contributed by atoms with E-state index in [4.69, 9.17) is 5.84 Å². The summed E-state index contributed by atoms with van der Waals surface area (Å²) >= 11 is 0. The standard InChI is InChI=1S/C23H19FN4O2/c24-18-12-6-4-10-16(18)21-17-11-5-7-13-19(17)28(25)23(30)22(27-21)20(29)14-26-15-8-2-1-3-9-15/h1-13,22,26H,14,25H2. The number of amides is 1. The number of rotatable bonds is 5. The van der Waals surface area contributed by atoms with Crippen LogP contribution in [-0.4, -0.2) is 30.0 Å². The number of nitrogens with two attached hydrogens (primary N) is 1. The van der Waals surface area contributed by atoms with Gasteiger partial charge in [0.05, 0.1) is 17.9 Å². The van der Waals surface area contributed by atoms with Crippen molar-refractivity contribution in [1.29, 1.82) is 0 Å². The van der Waals surface area contributed by atoms with E-state index in [1.54, 1.807) is 54.6 Å². The fourth-order valence-corrected chi connectivity index (χ4v) is 3.31. The lowest BCUT2D eigenvalue weighted by atomic mass is 10.00. The van der Waals surface area contributed by atoms with E-state index in [1.807, 2.05) is 18.2 Å². The van der Waals surface area contributed by atoms with Crippen LogP contribution >= 0.6 is 0 Å². The maximum atomic E-state index is 14.6. The highest BCUT2D eigenvalue weighted by Crippen LogP contribution is 2.27. The van der Waals surface area contributed by atoms with Crippen LogP contribution in [0.25, 0.3) is 0 Å². The van der Waals surface area contributed by atoms with Crippen molar-refractivity contribution < 1.29 is 14.0 Å². The Hall–Kier alpha value is -3.84. The van der Waals surface area contributed by atoms with E-state index < -0.39 is 23.5 Å². The summed E-state index contributed by atoms with van der Waals surface area (Å²) in [5.41, 5.74) is 1.98. The number of benzodiazepines with no additional fused rings is 1. The molecule has 30 heavy (non-hydrogen) atoms. The predicted molar refractivity (Wildman–Crippen MR) is 114 cm³/mol. The lowest BCUT2D eigenvalue weighted by Crippen LogP contribution is -2.47. The average Bonchev–Trinajstić information content (AvgIpc) is 2.89. The highest BCUT2D eigenvalue weighted by atomic mass is 19.1. The van der Waals surface area contributed by atoms with E-state index in [0.717, 1.165) is 10.7 Å². The minimum Gasteiger partial charge on any atom is -0.378 e. The molecule has 0 fully saturated rings. The number of ketones is 1. The molecule has 1 amide bonds. The molecule has 1 aliphatic rings. The van der Waals surface area contributed by atoms with Gasteiger partial charge >= 0.3 is 0 Å². The second-order valence-corrected chi connectivity index (χ2v) is 6.77. The molecule has 0 aromatic heterocycles. The van der Waals surface area contributed by atoms with Crippen molar-refractivity contribution in [2.75, 3.05) is 16.9 Å². The van der Waals surface area contributed by atoms with Gasteiger partial charge in [-0.25, -0.2) is 15.2 Å². The third-order valence-corrected chi connectivity index (χ3v) is 4.82. The summed E-state index contributed by atoms with van der Waals surface area (Å²) in [6.07, 6.45) is 0. The van der Waals surface area contributed by atoms with E-state index in [0.29, 0.717) is 11.3 Å². The molecule has 0 radical (unpaired) electrons. The molecule has 150 valence electrons.